The zero-order valence-electron chi connectivity index (χ0n) is 16.2. The summed E-state index contributed by atoms with van der Waals surface area (Å²) in [6, 6.07) is 12.7. The van der Waals surface area contributed by atoms with Crippen molar-refractivity contribution in [1.29, 1.82) is 0 Å². The zero-order chi connectivity index (χ0) is 19.4. The number of hydrogen-bond donors (Lipinski definition) is 1. The van der Waals surface area contributed by atoms with Crippen LogP contribution in [0.1, 0.15) is 16.1 Å². The fourth-order valence-corrected chi connectivity index (χ4v) is 5.72. The number of benzene rings is 1. The van der Waals surface area contributed by atoms with Crippen LogP contribution >= 0.6 is 0 Å². The number of aromatic nitrogens is 3. The van der Waals surface area contributed by atoms with E-state index in [4.69, 9.17) is 0 Å². The molecule has 3 atom stereocenters. The minimum atomic E-state index is -0.105. The van der Waals surface area contributed by atoms with Gasteiger partial charge in [0.1, 0.15) is 5.69 Å². The van der Waals surface area contributed by atoms with E-state index >= 15 is 0 Å². The van der Waals surface area contributed by atoms with Gasteiger partial charge in [-0.2, -0.15) is 0 Å². The monoisotopic (exact) mass is 388 g/mol. The van der Waals surface area contributed by atoms with Gasteiger partial charge >= 0.3 is 0 Å². The van der Waals surface area contributed by atoms with Crippen LogP contribution < -0.4 is 5.32 Å². The molecule has 1 amide bonds. The van der Waals surface area contributed by atoms with E-state index in [1.54, 1.807) is 16.8 Å². The third-order valence-electron chi connectivity index (χ3n) is 6.90. The molecular formula is C22H24N6O. The Bertz CT molecular complexity index is 1010. The summed E-state index contributed by atoms with van der Waals surface area (Å²) in [5, 5.41) is 3.41. The Morgan fingerprint density at radius 3 is 2.55 bits per heavy atom. The van der Waals surface area contributed by atoms with Gasteiger partial charge in [0.15, 0.2) is 0 Å². The van der Waals surface area contributed by atoms with E-state index in [1.165, 1.54) is 5.56 Å². The third-order valence-corrected chi connectivity index (χ3v) is 6.90. The number of rotatable bonds is 3. The van der Waals surface area contributed by atoms with Gasteiger partial charge in [-0.25, -0.2) is 9.97 Å². The van der Waals surface area contributed by atoms with Crippen molar-refractivity contribution in [3.8, 4) is 0 Å². The first-order valence-electron chi connectivity index (χ1n) is 10.3. The standard InChI is InChI=1S/C22H24N6O/c29-20(18-13-28-8-4-7-23-21(28)24-18)25-19-16-11-26-9-10-27(12-16)15-22(19,14-26)17-5-2-1-3-6-17/h1-8,13,16,19H,9-12,14-15H2,(H,25,29). The summed E-state index contributed by atoms with van der Waals surface area (Å²) >= 11 is 0. The zero-order valence-corrected chi connectivity index (χ0v) is 16.2. The molecule has 0 spiro atoms. The van der Waals surface area contributed by atoms with Crippen LogP contribution in [0.4, 0.5) is 0 Å². The Morgan fingerprint density at radius 2 is 1.83 bits per heavy atom. The van der Waals surface area contributed by atoms with Gasteiger partial charge in [-0.05, 0) is 11.6 Å². The highest BCUT2D eigenvalue weighted by Gasteiger charge is 2.55. The second kappa shape index (κ2) is 6.37. The number of imidazole rings is 1. The summed E-state index contributed by atoms with van der Waals surface area (Å²) in [5.74, 6) is 0.862. The molecule has 0 aliphatic carbocycles. The summed E-state index contributed by atoms with van der Waals surface area (Å²) in [7, 11) is 0. The van der Waals surface area contributed by atoms with Crippen LogP contribution in [0.15, 0.2) is 55.0 Å². The number of amides is 1. The van der Waals surface area contributed by atoms with Crippen molar-refractivity contribution >= 4 is 11.7 Å². The molecular weight excluding hydrogens is 364 g/mol. The number of piperidine rings is 2. The smallest absolute Gasteiger partial charge is 0.271 e. The quantitative estimate of drug-likeness (QED) is 0.726. The molecule has 4 aliphatic rings. The highest BCUT2D eigenvalue weighted by atomic mass is 16.2. The van der Waals surface area contributed by atoms with E-state index < -0.39 is 0 Å². The Hall–Kier alpha value is -2.77. The maximum absolute atomic E-state index is 13.2. The summed E-state index contributed by atoms with van der Waals surface area (Å²) < 4.78 is 1.79. The van der Waals surface area contributed by atoms with Gasteiger partial charge in [-0.1, -0.05) is 30.3 Å². The predicted octanol–water partition coefficient (Wildman–Crippen LogP) is 1.03. The fraction of sp³-hybridized carbons (Fsp3) is 0.409. The van der Waals surface area contributed by atoms with E-state index in [0.29, 0.717) is 17.4 Å². The predicted molar refractivity (Wildman–Crippen MR) is 109 cm³/mol. The number of nitrogens with one attached hydrogen (secondary N) is 1. The fourth-order valence-electron chi connectivity index (χ4n) is 5.72. The summed E-state index contributed by atoms with van der Waals surface area (Å²) in [6.45, 7) is 6.29. The Morgan fingerprint density at radius 1 is 1.07 bits per heavy atom. The topological polar surface area (TPSA) is 65.8 Å². The van der Waals surface area contributed by atoms with Crippen LogP contribution in [-0.2, 0) is 5.41 Å². The Labute approximate surface area is 169 Å². The van der Waals surface area contributed by atoms with Gasteiger partial charge in [-0.3, -0.25) is 9.20 Å². The normalized spacial score (nSPS) is 33.0. The average molecular weight is 388 g/mol. The van der Waals surface area contributed by atoms with Crippen LogP contribution in [0.3, 0.4) is 0 Å². The van der Waals surface area contributed by atoms with Crippen molar-refractivity contribution in [2.45, 2.75) is 11.5 Å². The molecule has 3 unspecified atom stereocenters. The first kappa shape index (κ1) is 17.1. The molecule has 7 heteroatoms. The number of carbonyl (C=O) groups is 1. The van der Waals surface area contributed by atoms with Gasteiger partial charge in [-0.15, -0.1) is 0 Å². The van der Waals surface area contributed by atoms with Crippen molar-refractivity contribution in [2.24, 2.45) is 5.92 Å². The minimum Gasteiger partial charge on any atom is -0.347 e. The number of carbonyl (C=O) groups excluding carboxylic acids is 1. The van der Waals surface area contributed by atoms with Gasteiger partial charge in [0, 0.05) is 75.2 Å². The molecule has 1 aromatic carbocycles. The van der Waals surface area contributed by atoms with Crippen LogP contribution in [0.25, 0.3) is 5.78 Å². The second-order valence-electron chi connectivity index (χ2n) is 8.66. The molecule has 4 bridgehead atoms. The number of fused-ring (bicyclic) bond motifs is 2. The van der Waals surface area contributed by atoms with E-state index in [2.05, 4.69) is 55.4 Å². The van der Waals surface area contributed by atoms with Crippen molar-refractivity contribution in [1.82, 2.24) is 29.5 Å². The summed E-state index contributed by atoms with van der Waals surface area (Å²) in [6.07, 6.45) is 5.33. The lowest BCUT2D eigenvalue weighted by Crippen LogP contribution is -2.70. The molecule has 6 heterocycles. The number of hydrogen-bond acceptors (Lipinski definition) is 5. The van der Waals surface area contributed by atoms with E-state index in [1.807, 2.05) is 12.3 Å². The molecule has 7 nitrogen and oxygen atoms in total. The first-order chi connectivity index (χ1) is 14.2. The Balaban J connectivity index is 1.38. The van der Waals surface area contributed by atoms with E-state index in [0.717, 1.165) is 39.3 Å². The highest BCUT2D eigenvalue weighted by Crippen LogP contribution is 2.43. The molecule has 4 aliphatic heterocycles. The Kier molecular flexibility index (Phi) is 3.76. The molecule has 0 saturated carbocycles. The lowest BCUT2D eigenvalue weighted by molar-refractivity contribution is 0.0179. The van der Waals surface area contributed by atoms with Crippen molar-refractivity contribution in [3.05, 3.63) is 66.2 Å². The van der Waals surface area contributed by atoms with Crippen molar-refractivity contribution < 1.29 is 4.79 Å². The average Bonchev–Trinajstić information content (AvgIpc) is 3.03. The lowest BCUT2D eigenvalue weighted by Gasteiger charge is -2.55. The van der Waals surface area contributed by atoms with Crippen LogP contribution in [0.2, 0.25) is 0 Å². The molecule has 29 heavy (non-hydrogen) atoms. The largest absolute Gasteiger partial charge is 0.347 e. The molecule has 7 rings (SSSR count). The summed E-state index contributed by atoms with van der Waals surface area (Å²) in [5.41, 5.74) is 1.66. The number of nitrogens with zero attached hydrogens (tertiary/aromatic N) is 5. The third kappa shape index (κ3) is 2.68. The molecule has 148 valence electrons. The van der Waals surface area contributed by atoms with Gasteiger partial charge < -0.3 is 15.1 Å². The molecule has 4 fully saturated rings. The van der Waals surface area contributed by atoms with Crippen LogP contribution in [0, 0.1) is 5.92 Å². The van der Waals surface area contributed by atoms with Gasteiger partial charge in [0.05, 0.1) is 0 Å². The van der Waals surface area contributed by atoms with Crippen molar-refractivity contribution in [3.63, 3.8) is 0 Å². The molecule has 4 saturated heterocycles. The first-order valence-corrected chi connectivity index (χ1v) is 10.3. The molecule has 2 aromatic heterocycles. The van der Waals surface area contributed by atoms with Crippen molar-refractivity contribution in [2.75, 3.05) is 39.3 Å². The van der Waals surface area contributed by atoms with Gasteiger partial charge in [0.25, 0.3) is 5.91 Å². The SMILES string of the molecule is O=C(NC1C2CN3CCN(C2)CC1(c1ccccc1)C3)c1cn2cccnc2n1. The molecule has 0 radical (unpaired) electrons. The molecule has 3 aromatic rings. The maximum Gasteiger partial charge on any atom is 0.271 e. The summed E-state index contributed by atoms with van der Waals surface area (Å²) in [4.78, 5) is 27.1. The second-order valence-corrected chi connectivity index (χ2v) is 8.66. The highest BCUT2D eigenvalue weighted by molar-refractivity contribution is 5.93. The van der Waals surface area contributed by atoms with Crippen LogP contribution in [0.5, 0.6) is 0 Å². The van der Waals surface area contributed by atoms with Gasteiger partial charge in [0.2, 0.25) is 5.78 Å². The minimum absolute atomic E-state index is 0.0913. The lowest BCUT2D eigenvalue weighted by atomic mass is 9.64. The van der Waals surface area contributed by atoms with Crippen LogP contribution in [-0.4, -0.2) is 75.4 Å². The van der Waals surface area contributed by atoms with E-state index in [9.17, 15) is 4.79 Å². The maximum atomic E-state index is 13.2. The molecule has 1 N–H and O–H groups in total. The van der Waals surface area contributed by atoms with E-state index in [-0.39, 0.29) is 17.4 Å².